The summed E-state index contributed by atoms with van der Waals surface area (Å²) in [4.78, 5) is 11.6. The Kier molecular flexibility index (Phi) is 6.44. The molecule has 0 bridgehead atoms. The molecule has 24 heavy (non-hydrogen) atoms. The SMILES string of the molecule is CC(C)(C)OC(=O)NCCc1cccc(Cc2ccc(Br)cc2)c1. The maximum absolute atomic E-state index is 11.6. The Morgan fingerprint density at radius 1 is 1.04 bits per heavy atom. The fourth-order valence-corrected chi connectivity index (χ4v) is 2.62. The van der Waals surface area contributed by atoms with E-state index in [4.69, 9.17) is 4.74 Å². The van der Waals surface area contributed by atoms with E-state index in [1.165, 1.54) is 16.7 Å². The minimum Gasteiger partial charge on any atom is -0.444 e. The standard InChI is InChI=1S/C20H24BrNO2/c1-20(2,3)24-19(23)22-12-11-15-5-4-6-17(13-15)14-16-7-9-18(21)10-8-16/h4-10,13H,11-12,14H2,1-3H3,(H,22,23). The van der Waals surface area contributed by atoms with Crippen molar-refractivity contribution in [1.29, 1.82) is 0 Å². The zero-order valence-electron chi connectivity index (χ0n) is 14.4. The molecule has 0 aromatic heterocycles. The third-order valence-corrected chi connectivity index (χ3v) is 3.92. The fourth-order valence-electron chi connectivity index (χ4n) is 2.36. The van der Waals surface area contributed by atoms with E-state index in [1.807, 2.05) is 20.8 Å². The van der Waals surface area contributed by atoms with Crippen molar-refractivity contribution in [3.63, 3.8) is 0 Å². The summed E-state index contributed by atoms with van der Waals surface area (Å²) in [5, 5.41) is 2.80. The molecule has 0 atom stereocenters. The first-order valence-corrected chi connectivity index (χ1v) is 8.90. The molecule has 0 radical (unpaired) electrons. The van der Waals surface area contributed by atoms with Gasteiger partial charge in [0.25, 0.3) is 0 Å². The van der Waals surface area contributed by atoms with Gasteiger partial charge in [0.15, 0.2) is 0 Å². The molecule has 0 fully saturated rings. The van der Waals surface area contributed by atoms with Gasteiger partial charge in [-0.2, -0.15) is 0 Å². The van der Waals surface area contributed by atoms with Crippen LogP contribution in [-0.4, -0.2) is 18.2 Å². The van der Waals surface area contributed by atoms with E-state index in [0.717, 1.165) is 17.3 Å². The summed E-state index contributed by atoms with van der Waals surface area (Å²) < 4.78 is 6.33. The van der Waals surface area contributed by atoms with E-state index < -0.39 is 5.60 Å². The summed E-state index contributed by atoms with van der Waals surface area (Å²) in [6.07, 6.45) is 1.32. The summed E-state index contributed by atoms with van der Waals surface area (Å²) in [5.74, 6) is 0. The Morgan fingerprint density at radius 3 is 2.38 bits per heavy atom. The van der Waals surface area contributed by atoms with Crippen molar-refractivity contribution < 1.29 is 9.53 Å². The molecule has 0 unspecified atom stereocenters. The van der Waals surface area contributed by atoms with Gasteiger partial charge in [0.05, 0.1) is 0 Å². The van der Waals surface area contributed by atoms with Gasteiger partial charge in [0, 0.05) is 11.0 Å². The van der Waals surface area contributed by atoms with Gasteiger partial charge in [-0.15, -0.1) is 0 Å². The van der Waals surface area contributed by atoms with Crippen LogP contribution >= 0.6 is 15.9 Å². The van der Waals surface area contributed by atoms with Gasteiger partial charge >= 0.3 is 6.09 Å². The average Bonchev–Trinajstić information content (AvgIpc) is 2.48. The molecule has 2 aromatic carbocycles. The van der Waals surface area contributed by atoms with Gasteiger partial charge in [-0.25, -0.2) is 4.79 Å². The van der Waals surface area contributed by atoms with Gasteiger partial charge in [0.1, 0.15) is 5.60 Å². The predicted octanol–water partition coefficient (Wildman–Crippen LogP) is 5.11. The first kappa shape index (κ1) is 18.5. The number of carbonyl (C=O) groups excluding carboxylic acids is 1. The van der Waals surface area contributed by atoms with E-state index in [0.29, 0.717) is 6.54 Å². The lowest BCUT2D eigenvalue weighted by Crippen LogP contribution is -2.33. The highest BCUT2D eigenvalue weighted by atomic mass is 79.9. The van der Waals surface area contributed by atoms with Crippen molar-refractivity contribution in [2.75, 3.05) is 6.54 Å². The largest absolute Gasteiger partial charge is 0.444 e. The maximum atomic E-state index is 11.6. The molecule has 0 spiro atoms. The molecular weight excluding hydrogens is 366 g/mol. The van der Waals surface area contributed by atoms with Crippen molar-refractivity contribution in [2.24, 2.45) is 0 Å². The third-order valence-electron chi connectivity index (χ3n) is 3.39. The van der Waals surface area contributed by atoms with E-state index in [-0.39, 0.29) is 6.09 Å². The van der Waals surface area contributed by atoms with E-state index >= 15 is 0 Å². The van der Waals surface area contributed by atoms with Crippen LogP contribution in [0.2, 0.25) is 0 Å². The molecule has 2 aromatic rings. The van der Waals surface area contributed by atoms with Crippen LogP contribution in [0.5, 0.6) is 0 Å². The molecule has 1 amide bonds. The second-order valence-corrected chi connectivity index (χ2v) is 7.72. The molecule has 0 aliphatic carbocycles. The zero-order chi connectivity index (χ0) is 17.6. The molecule has 0 aliphatic heterocycles. The maximum Gasteiger partial charge on any atom is 0.407 e. The average molecular weight is 390 g/mol. The molecule has 0 heterocycles. The first-order valence-electron chi connectivity index (χ1n) is 8.11. The van der Waals surface area contributed by atoms with E-state index in [1.54, 1.807) is 0 Å². The van der Waals surface area contributed by atoms with Crippen LogP contribution in [0.25, 0.3) is 0 Å². The van der Waals surface area contributed by atoms with Gasteiger partial charge in [-0.3, -0.25) is 0 Å². The molecule has 0 saturated carbocycles. The predicted molar refractivity (Wildman–Crippen MR) is 101 cm³/mol. The monoisotopic (exact) mass is 389 g/mol. The third kappa shape index (κ3) is 6.75. The molecule has 128 valence electrons. The number of alkyl carbamates (subject to hydrolysis) is 1. The van der Waals surface area contributed by atoms with Gasteiger partial charge in [-0.1, -0.05) is 52.3 Å². The van der Waals surface area contributed by atoms with Gasteiger partial charge in [-0.05, 0) is 62.4 Å². The molecular formula is C20H24BrNO2. The van der Waals surface area contributed by atoms with Crippen LogP contribution in [0.3, 0.4) is 0 Å². The fraction of sp³-hybridized carbons (Fsp3) is 0.350. The Bertz CT molecular complexity index is 675. The topological polar surface area (TPSA) is 38.3 Å². The smallest absolute Gasteiger partial charge is 0.407 e. The summed E-state index contributed by atoms with van der Waals surface area (Å²) in [7, 11) is 0. The lowest BCUT2D eigenvalue weighted by atomic mass is 10.0. The first-order chi connectivity index (χ1) is 11.3. The van der Waals surface area contributed by atoms with Gasteiger partial charge < -0.3 is 10.1 Å². The van der Waals surface area contributed by atoms with Crippen LogP contribution in [-0.2, 0) is 17.6 Å². The number of amides is 1. The lowest BCUT2D eigenvalue weighted by molar-refractivity contribution is 0.0528. The van der Waals surface area contributed by atoms with Crippen LogP contribution in [0.1, 0.15) is 37.5 Å². The molecule has 1 N–H and O–H groups in total. The van der Waals surface area contributed by atoms with Crippen molar-refractivity contribution in [3.8, 4) is 0 Å². The van der Waals surface area contributed by atoms with Crippen molar-refractivity contribution in [1.82, 2.24) is 5.32 Å². The van der Waals surface area contributed by atoms with Crippen molar-refractivity contribution in [2.45, 2.75) is 39.2 Å². The minimum absolute atomic E-state index is 0.367. The van der Waals surface area contributed by atoms with Crippen LogP contribution in [0, 0.1) is 0 Å². The zero-order valence-corrected chi connectivity index (χ0v) is 16.0. The number of hydrogen-bond donors (Lipinski definition) is 1. The number of carbonyl (C=O) groups is 1. The van der Waals surface area contributed by atoms with Gasteiger partial charge in [0.2, 0.25) is 0 Å². The van der Waals surface area contributed by atoms with Crippen molar-refractivity contribution in [3.05, 3.63) is 69.7 Å². The quantitative estimate of drug-likeness (QED) is 0.771. The Balaban J connectivity index is 1.86. The normalized spacial score (nSPS) is 11.2. The second-order valence-electron chi connectivity index (χ2n) is 6.80. The summed E-state index contributed by atoms with van der Waals surface area (Å²) in [6.45, 7) is 6.14. The highest BCUT2D eigenvalue weighted by molar-refractivity contribution is 9.10. The summed E-state index contributed by atoms with van der Waals surface area (Å²) in [6, 6.07) is 16.8. The number of nitrogens with one attached hydrogen (secondary N) is 1. The molecule has 3 nitrogen and oxygen atoms in total. The Morgan fingerprint density at radius 2 is 1.71 bits per heavy atom. The number of hydrogen-bond acceptors (Lipinski definition) is 2. The Labute approximate surface area is 152 Å². The minimum atomic E-state index is -0.464. The molecule has 2 rings (SSSR count). The van der Waals surface area contributed by atoms with E-state index in [9.17, 15) is 4.79 Å². The summed E-state index contributed by atoms with van der Waals surface area (Å²) >= 11 is 3.46. The second kappa shape index (κ2) is 8.34. The Hall–Kier alpha value is -1.81. The van der Waals surface area contributed by atoms with Crippen LogP contribution in [0.4, 0.5) is 4.79 Å². The molecule has 0 aliphatic rings. The summed E-state index contributed by atoms with van der Waals surface area (Å²) in [5.41, 5.74) is 3.30. The molecule has 0 saturated heterocycles. The van der Waals surface area contributed by atoms with E-state index in [2.05, 4.69) is 69.8 Å². The number of benzene rings is 2. The highest BCUT2D eigenvalue weighted by Crippen LogP contribution is 2.15. The number of rotatable bonds is 5. The van der Waals surface area contributed by atoms with Crippen LogP contribution in [0.15, 0.2) is 53.0 Å². The highest BCUT2D eigenvalue weighted by Gasteiger charge is 2.15. The van der Waals surface area contributed by atoms with Crippen LogP contribution < -0.4 is 5.32 Å². The molecule has 4 heteroatoms. The number of halogens is 1. The van der Waals surface area contributed by atoms with Crippen molar-refractivity contribution >= 4 is 22.0 Å². The lowest BCUT2D eigenvalue weighted by Gasteiger charge is -2.19. The number of ether oxygens (including phenoxy) is 1.